The van der Waals surface area contributed by atoms with E-state index in [0.29, 0.717) is 43.0 Å². The van der Waals surface area contributed by atoms with Gasteiger partial charge in [0.2, 0.25) is 0 Å². The topological polar surface area (TPSA) is 77.7 Å². The van der Waals surface area contributed by atoms with Gasteiger partial charge in [-0.2, -0.15) is 18.4 Å². The molecule has 132 valence electrons. The normalized spacial score (nSPS) is 17.0. The van der Waals surface area contributed by atoms with Gasteiger partial charge in [-0.1, -0.05) is 0 Å². The lowest BCUT2D eigenvalue weighted by molar-refractivity contribution is -0.141. The highest BCUT2D eigenvalue weighted by Gasteiger charge is 2.36. The van der Waals surface area contributed by atoms with E-state index in [1.807, 2.05) is 6.07 Å². The summed E-state index contributed by atoms with van der Waals surface area (Å²) in [6.45, 7) is 0.817. The summed E-state index contributed by atoms with van der Waals surface area (Å²) < 4.78 is 39.8. The summed E-state index contributed by atoms with van der Waals surface area (Å²) in [7, 11) is 1.64. The van der Waals surface area contributed by atoms with Crippen LogP contribution < -0.4 is 0 Å². The number of carbonyl (C=O) groups excluding carboxylic acids is 1. The maximum atomic E-state index is 12.8. The molecule has 0 saturated heterocycles. The first kappa shape index (κ1) is 17.1. The summed E-state index contributed by atoms with van der Waals surface area (Å²) >= 11 is 0. The van der Waals surface area contributed by atoms with Crippen molar-refractivity contribution in [2.45, 2.75) is 25.6 Å². The second kappa shape index (κ2) is 6.27. The number of alkyl halides is 3. The Kier molecular flexibility index (Phi) is 4.29. The molecular formula is C16H16F3N5O. The van der Waals surface area contributed by atoms with Gasteiger partial charge in [0.05, 0.1) is 5.56 Å². The summed E-state index contributed by atoms with van der Waals surface area (Å²) in [6.07, 6.45) is -0.816. The Morgan fingerprint density at radius 2 is 2.32 bits per heavy atom. The van der Waals surface area contributed by atoms with E-state index in [0.717, 1.165) is 6.20 Å². The molecule has 0 fully saturated rings. The fourth-order valence-corrected chi connectivity index (χ4v) is 3.07. The largest absolute Gasteiger partial charge is 0.434 e. The van der Waals surface area contributed by atoms with Crippen molar-refractivity contribution in [1.29, 1.82) is 5.26 Å². The minimum absolute atomic E-state index is 0.0473. The van der Waals surface area contributed by atoms with Crippen molar-refractivity contribution in [3.63, 3.8) is 0 Å². The summed E-state index contributed by atoms with van der Waals surface area (Å²) in [6, 6.07) is 3.40. The van der Waals surface area contributed by atoms with Crippen molar-refractivity contribution in [2.24, 2.45) is 5.92 Å². The van der Waals surface area contributed by atoms with Crippen molar-refractivity contribution >= 4 is 5.91 Å². The Morgan fingerprint density at radius 3 is 2.96 bits per heavy atom. The van der Waals surface area contributed by atoms with E-state index < -0.39 is 11.9 Å². The quantitative estimate of drug-likeness (QED) is 0.923. The van der Waals surface area contributed by atoms with Crippen molar-refractivity contribution in [3.8, 4) is 6.07 Å². The number of imidazole rings is 1. The standard InChI is InChI=1S/C16H16F3N5O/c1-23(15(25)11-4-12(5-20)21-6-11)7-10-2-3-14-22-13(16(17,18)19)9-24(14)8-10/h4,6,9-10,21H,2-3,7-8H2,1H3/t10-/m1/s1. The molecule has 6 nitrogen and oxygen atoms in total. The smallest absolute Gasteiger partial charge is 0.352 e. The van der Waals surface area contributed by atoms with Gasteiger partial charge in [0.15, 0.2) is 5.69 Å². The Morgan fingerprint density at radius 1 is 1.56 bits per heavy atom. The number of carbonyl (C=O) groups is 1. The van der Waals surface area contributed by atoms with E-state index in [1.165, 1.54) is 21.7 Å². The average Bonchev–Trinajstić information content (AvgIpc) is 3.19. The SMILES string of the molecule is CN(C[C@H]1CCc2nc(C(F)(F)F)cn2C1)C(=O)c1c[nH]c(C#N)c1. The van der Waals surface area contributed by atoms with Gasteiger partial charge in [-0.15, -0.1) is 0 Å². The number of hydrogen-bond acceptors (Lipinski definition) is 3. The van der Waals surface area contributed by atoms with Crippen LogP contribution in [0.2, 0.25) is 0 Å². The molecule has 0 radical (unpaired) electrons. The van der Waals surface area contributed by atoms with Crippen LogP contribution in [0, 0.1) is 17.2 Å². The van der Waals surface area contributed by atoms with Gasteiger partial charge in [-0.05, 0) is 18.4 Å². The lowest BCUT2D eigenvalue weighted by atomic mass is 9.99. The van der Waals surface area contributed by atoms with Crippen LogP contribution in [0.4, 0.5) is 13.2 Å². The number of halogens is 3. The zero-order valence-corrected chi connectivity index (χ0v) is 13.5. The number of nitriles is 1. The number of hydrogen-bond donors (Lipinski definition) is 1. The first-order valence-electron chi connectivity index (χ1n) is 7.75. The number of fused-ring (bicyclic) bond motifs is 1. The van der Waals surface area contributed by atoms with E-state index in [1.54, 1.807) is 7.05 Å². The number of rotatable bonds is 3. The molecule has 1 atom stereocenters. The van der Waals surface area contributed by atoms with Gasteiger partial charge in [-0.25, -0.2) is 4.98 Å². The molecule has 1 amide bonds. The fourth-order valence-electron chi connectivity index (χ4n) is 3.07. The van der Waals surface area contributed by atoms with Crippen molar-refractivity contribution < 1.29 is 18.0 Å². The molecule has 0 aliphatic carbocycles. The first-order valence-corrected chi connectivity index (χ1v) is 7.75. The number of nitrogens with one attached hydrogen (secondary N) is 1. The molecule has 1 aliphatic rings. The van der Waals surface area contributed by atoms with Crippen molar-refractivity contribution in [1.82, 2.24) is 19.4 Å². The molecule has 2 aromatic heterocycles. The minimum Gasteiger partial charge on any atom is -0.352 e. The third-order valence-electron chi connectivity index (χ3n) is 4.31. The van der Waals surface area contributed by atoms with Crippen LogP contribution in [0.3, 0.4) is 0 Å². The second-order valence-corrected chi connectivity index (χ2v) is 6.20. The highest BCUT2D eigenvalue weighted by molar-refractivity contribution is 5.94. The van der Waals surface area contributed by atoms with E-state index in [9.17, 15) is 18.0 Å². The molecule has 0 saturated carbocycles. The first-order chi connectivity index (χ1) is 11.8. The number of H-pyrrole nitrogens is 1. The molecule has 0 unspecified atom stereocenters. The van der Waals surface area contributed by atoms with E-state index in [4.69, 9.17) is 5.26 Å². The number of nitrogens with zero attached hydrogens (tertiary/aromatic N) is 4. The number of aryl methyl sites for hydroxylation is 1. The lowest BCUT2D eigenvalue weighted by Gasteiger charge is -2.28. The van der Waals surface area contributed by atoms with Crippen LogP contribution in [0.15, 0.2) is 18.5 Å². The average molecular weight is 351 g/mol. The van der Waals surface area contributed by atoms with Crippen LogP contribution >= 0.6 is 0 Å². The zero-order chi connectivity index (χ0) is 18.2. The van der Waals surface area contributed by atoms with Crippen LogP contribution in [-0.2, 0) is 19.1 Å². The predicted molar refractivity (Wildman–Crippen MR) is 81.5 cm³/mol. The third-order valence-corrected chi connectivity index (χ3v) is 4.31. The van der Waals surface area contributed by atoms with Crippen LogP contribution in [0.25, 0.3) is 0 Å². The van der Waals surface area contributed by atoms with Gasteiger partial charge >= 0.3 is 6.18 Å². The van der Waals surface area contributed by atoms with Gasteiger partial charge < -0.3 is 14.5 Å². The van der Waals surface area contributed by atoms with Gasteiger partial charge in [0.25, 0.3) is 5.91 Å². The summed E-state index contributed by atoms with van der Waals surface area (Å²) in [5.41, 5.74) is -0.182. The Labute approximate surface area is 141 Å². The van der Waals surface area contributed by atoms with Crippen molar-refractivity contribution in [3.05, 3.63) is 41.2 Å². The number of aromatic nitrogens is 3. The Hall–Kier alpha value is -2.76. The highest BCUT2D eigenvalue weighted by atomic mass is 19.4. The molecule has 9 heteroatoms. The van der Waals surface area contributed by atoms with E-state index >= 15 is 0 Å². The zero-order valence-electron chi connectivity index (χ0n) is 13.5. The molecule has 3 heterocycles. The molecule has 1 N–H and O–H groups in total. The molecule has 0 bridgehead atoms. The molecule has 1 aliphatic heterocycles. The van der Waals surface area contributed by atoms with E-state index in [-0.39, 0.29) is 11.8 Å². The summed E-state index contributed by atoms with van der Waals surface area (Å²) in [4.78, 5) is 20.2. The second-order valence-electron chi connectivity index (χ2n) is 6.20. The third kappa shape index (κ3) is 3.52. The van der Waals surface area contributed by atoms with Gasteiger partial charge in [-0.3, -0.25) is 4.79 Å². The summed E-state index contributed by atoms with van der Waals surface area (Å²) in [5.74, 6) is 0.248. The Bertz CT molecular complexity index is 830. The van der Waals surface area contributed by atoms with Gasteiger partial charge in [0.1, 0.15) is 17.6 Å². The molecule has 0 spiro atoms. The molecule has 25 heavy (non-hydrogen) atoms. The lowest BCUT2D eigenvalue weighted by Crippen LogP contribution is -2.35. The number of amides is 1. The summed E-state index contributed by atoms with van der Waals surface area (Å²) in [5, 5.41) is 8.79. The van der Waals surface area contributed by atoms with Crippen molar-refractivity contribution in [2.75, 3.05) is 13.6 Å². The molecule has 2 aromatic rings. The fraction of sp³-hybridized carbons (Fsp3) is 0.438. The van der Waals surface area contributed by atoms with Gasteiger partial charge in [0, 0.05) is 39.0 Å². The molecule has 0 aromatic carbocycles. The highest BCUT2D eigenvalue weighted by Crippen LogP contribution is 2.30. The Balaban J connectivity index is 1.65. The molecule has 3 rings (SSSR count). The predicted octanol–water partition coefficient (Wildman–Crippen LogP) is 2.44. The van der Waals surface area contributed by atoms with Crippen LogP contribution in [-0.4, -0.2) is 38.9 Å². The maximum Gasteiger partial charge on any atom is 0.434 e. The monoisotopic (exact) mass is 351 g/mol. The van der Waals surface area contributed by atoms with Crippen LogP contribution in [0.5, 0.6) is 0 Å². The minimum atomic E-state index is -4.45. The van der Waals surface area contributed by atoms with Crippen LogP contribution in [0.1, 0.15) is 34.0 Å². The van der Waals surface area contributed by atoms with E-state index in [2.05, 4.69) is 9.97 Å². The molecular weight excluding hydrogens is 335 g/mol. The maximum absolute atomic E-state index is 12.8. The number of aromatic amines is 1.